The maximum atomic E-state index is 11.3. The zero-order chi connectivity index (χ0) is 12.8. The van der Waals surface area contributed by atoms with Gasteiger partial charge in [-0.15, -0.1) is 11.3 Å². The third-order valence-electron chi connectivity index (χ3n) is 1.72. The van der Waals surface area contributed by atoms with Crippen LogP contribution in [0.15, 0.2) is 12.7 Å². The summed E-state index contributed by atoms with van der Waals surface area (Å²) in [7, 11) is 1.27. The monoisotopic (exact) mass is 256 g/mol. The minimum absolute atomic E-state index is 0.111. The average molecular weight is 256 g/mol. The molecule has 0 spiro atoms. The number of hydrogen-bond donors (Lipinski definition) is 1. The van der Waals surface area contributed by atoms with E-state index >= 15 is 0 Å². The summed E-state index contributed by atoms with van der Waals surface area (Å²) in [5, 5.41) is 2.70. The van der Waals surface area contributed by atoms with Crippen LogP contribution in [0.3, 0.4) is 0 Å². The number of aryl methyl sites for hydroxylation is 1. The van der Waals surface area contributed by atoms with Crippen LogP contribution < -0.4 is 5.32 Å². The van der Waals surface area contributed by atoms with Gasteiger partial charge in [0.05, 0.1) is 7.11 Å². The third kappa shape index (κ3) is 3.56. The Bertz CT molecular complexity index is 442. The topological polar surface area (TPSA) is 77.5 Å². The highest BCUT2D eigenvalue weighted by molar-refractivity contribution is 7.16. The predicted molar refractivity (Wildman–Crippen MR) is 63.4 cm³/mol. The van der Waals surface area contributed by atoms with Crippen LogP contribution in [-0.4, -0.2) is 30.8 Å². The maximum Gasteiger partial charge on any atom is 0.413 e. The highest BCUT2D eigenvalue weighted by Crippen LogP contribution is 2.22. The SMILES string of the molecule is C=CCOC(=O)Nc1nc(C(=O)OC)c(C)s1. The van der Waals surface area contributed by atoms with Crippen LogP contribution in [0.1, 0.15) is 15.4 Å². The van der Waals surface area contributed by atoms with Gasteiger partial charge in [0.15, 0.2) is 10.8 Å². The van der Waals surface area contributed by atoms with Crippen LogP contribution in [0.2, 0.25) is 0 Å². The van der Waals surface area contributed by atoms with E-state index in [9.17, 15) is 9.59 Å². The normalized spacial score (nSPS) is 9.53. The largest absolute Gasteiger partial charge is 0.464 e. The van der Waals surface area contributed by atoms with Crippen LogP contribution in [0.25, 0.3) is 0 Å². The van der Waals surface area contributed by atoms with Crippen LogP contribution in [0, 0.1) is 6.92 Å². The second kappa shape index (κ2) is 6.00. The van der Waals surface area contributed by atoms with Crippen LogP contribution in [-0.2, 0) is 9.47 Å². The van der Waals surface area contributed by atoms with Crippen molar-refractivity contribution < 1.29 is 19.1 Å². The summed E-state index contributed by atoms with van der Waals surface area (Å²) in [6.45, 7) is 5.24. The highest BCUT2D eigenvalue weighted by Gasteiger charge is 2.17. The van der Waals surface area contributed by atoms with Crippen molar-refractivity contribution >= 4 is 28.5 Å². The molecule has 1 aromatic rings. The number of ether oxygens (including phenoxy) is 2. The number of carbonyl (C=O) groups is 2. The number of nitrogens with one attached hydrogen (secondary N) is 1. The molecule has 1 amide bonds. The van der Waals surface area contributed by atoms with E-state index in [0.29, 0.717) is 4.88 Å². The Hall–Kier alpha value is -1.89. The number of rotatable bonds is 4. The molecule has 0 fully saturated rings. The van der Waals surface area contributed by atoms with Crippen molar-refractivity contribution in [2.24, 2.45) is 0 Å². The van der Waals surface area contributed by atoms with Crippen LogP contribution in [0.4, 0.5) is 9.93 Å². The quantitative estimate of drug-likeness (QED) is 0.658. The number of amides is 1. The lowest BCUT2D eigenvalue weighted by molar-refractivity contribution is 0.0594. The molecule has 1 heterocycles. The predicted octanol–water partition coefficient (Wildman–Crippen LogP) is 1.97. The van der Waals surface area contributed by atoms with Gasteiger partial charge in [-0.1, -0.05) is 12.7 Å². The molecule has 0 aliphatic carbocycles. The van der Waals surface area contributed by atoms with Crippen molar-refractivity contribution in [1.29, 1.82) is 0 Å². The number of hydrogen-bond acceptors (Lipinski definition) is 6. The van der Waals surface area contributed by atoms with E-state index in [1.165, 1.54) is 24.5 Å². The lowest BCUT2D eigenvalue weighted by Gasteiger charge is -2.00. The molecule has 7 heteroatoms. The summed E-state index contributed by atoms with van der Waals surface area (Å²) >= 11 is 1.17. The molecule has 0 radical (unpaired) electrons. The molecule has 0 atom stereocenters. The Morgan fingerprint density at radius 2 is 2.29 bits per heavy atom. The number of aromatic nitrogens is 1. The molecule has 1 N–H and O–H groups in total. The lowest BCUT2D eigenvalue weighted by atomic mass is 10.4. The standard InChI is InChI=1S/C10H12N2O4S/c1-4-5-16-10(14)12-9-11-7(6(2)17-9)8(13)15-3/h4H,1,5H2,2-3H3,(H,11,12,14). The first-order chi connectivity index (χ1) is 8.08. The fourth-order valence-corrected chi connectivity index (χ4v) is 1.78. The van der Waals surface area contributed by atoms with E-state index in [0.717, 1.165) is 0 Å². The van der Waals surface area contributed by atoms with Gasteiger partial charge in [-0.2, -0.15) is 0 Å². The number of thiazole rings is 1. The summed E-state index contributed by atoms with van der Waals surface area (Å²) in [5.74, 6) is -0.536. The van der Waals surface area contributed by atoms with Gasteiger partial charge >= 0.3 is 12.1 Å². The molecular weight excluding hydrogens is 244 g/mol. The van der Waals surface area contributed by atoms with Crippen molar-refractivity contribution in [3.8, 4) is 0 Å². The first-order valence-corrected chi connectivity index (χ1v) is 5.50. The summed E-state index contributed by atoms with van der Waals surface area (Å²) in [4.78, 5) is 27.1. The van der Waals surface area contributed by atoms with Crippen molar-refractivity contribution in [3.63, 3.8) is 0 Å². The van der Waals surface area contributed by atoms with E-state index in [2.05, 4.69) is 21.6 Å². The van der Waals surface area contributed by atoms with Gasteiger partial charge in [0.2, 0.25) is 0 Å². The van der Waals surface area contributed by atoms with Gasteiger partial charge in [-0.05, 0) is 6.92 Å². The minimum atomic E-state index is -0.643. The van der Waals surface area contributed by atoms with Gasteiger partial charge < -0.3 is 9.47 Å². The van der Waals surface area contributed by atoms with Gasteiger partial charge in [-0.25, -0.2) is 14.6 Å². The molecule has 0 bridgehead atoms. The molecule has 0 aromatic carbocycles. The molecule has 0 unspecified atom stereocenters. The Kier molecular flexibility index (Phi) is 4.65. The average Bonchev–Trinajstić information content (AvgIpc) is 2.66. The van der Waals surface area contributed by atoms with Crippen molar-refractivity contribution in [3.05, 3.63) is 23.2 Å². The van der Waals surface area contributed by atoms with E-state index in [1.807, 2.05) is 0 Å². The van der Waals surface area contributed by atoms with Crippen LogP contribution in [0.5, 0.6) is 0 Å². The number of nitrogens with zero attached hydrogens (tertiary/aromatic N) is 1. The first-order valence-electron chi connectivity index (χ1n) is 4.69. The summed E-state index contributed by atoms with van der Waals surface area (Å²) in [6, 6.07) is 0. The zero-order valence-corrected chi connectivity index (χ0v) is 10.3. The number of anilines is 1. The molecule has 0 aliphatic rings. The lowest BCUT2D eigenvalue weighted by Crippen LogP contribution is -2.13. The summed E-state index contributed by atoms with van der Waals surface area (Å²) in [5.41, 5.74) is 0.191. The summed E-state index contributed by atoms with van der Waals surface area (Å²) < 4.78 is 9.26. The summed E-state index contributed by atoms with van der Waals surface area (Å²) in [6.07, 6.45) is 0.807. The minimum Gasteiger partial charge on any atom is -0.464 e. The van der Waals surface area contributed by atoms with Crippen molar-refractivity contribution in [2.75, 3.05) is 19.0 Å². The second-order valence-corrected chi connectivity index (χ2v) is 4.13. The molecule has 92 valence electrons. The highest BCUT2D eigenvalue weighted by atomic mass is 32.1. The first kappa shape index (κ1) is 13.2. The Morgan fingerprint density at radius 1 is 1.59 bits per heavy atom. The van der Waals surface area contributed by atoms with Gasteiger partial charge in [-0.3, -0.25) is 5.32 Å². The van der Waals surface area contributed by atoms with E-state index in [4.69, 9.17) is 4.74 Å². The number of esters is 1. The Morgan fingerprint density at radius 3 is 2.88 bits per heavy atom. The fraction of sp³-hybridized carbons (Fsp3) is 0.300. The fourth-order valence-electron chi connectivity index (χ4n) is 0.994. The van der Waals surface area contributed by atoms with E-state index in [-0.39, 0.29) is 17.4 Å². The van der Waals surface area contributed by atoms with E-state index < -0.39 is 12.1 Å². The zero-order valence-electron chi connectivity index (χ0n) is 9.48. The molecular formula is C10H12N2O4S. The van der Waals surface area contributed by atoms with Gasteiger partial charge in [0, 0.05) is 4.88 Å². The molecule has 0 saturated heterocycles. The molecule has 17 heavy (non-hydrogen) atoms. The van der Waals surface area contributed by atoms with Crippen LogP contribution >= 0.6 is 11.3 Å². The Balaban J connectivity index is 2.70. The maximum absolute atomic E-state index is 11.3. The van der Waals surface area contributed by atoms with Crippen molar-refractivity contribution in [1.82, 2.24) is 4.98 Å². The number of methoxy groups -OCH3 is 1. The molecule has 6 nitrogen and oxygen atoms in total. The van der Waals surface area contributed by atoms with Gasteiger partial charge in [0.1, 0.15) is 6.61 Å². The Labute approximate surface area is 102 Å². The second-order valence-electron chi connectivity index (χ2n) is 2.93. The van der Waals surface area contributed by atoms with Crippen molar-refractivity contribution in [2.45, 2.75) is 6.92 Å². The van der Waals surface area contributed by atoms with E-state index in [1.54, 1.807) is 6.92 Å². The number of carbonyl (C=O) groups excluding carboxylic acids is 2. The smallest absolute Gasteiger partial charge is 0.413 e. The molecule has 0 aliphatic heterocycles. The molecule has 0 saturated carbocycles. The van der Waals surface area contributed by atoms with Gasteiger partial charge in [0.25, 0.3) is 0 Å². The molecule has 1 rings (SSSR count). The molecule has 1 aromatic heterocycles. The third-order valence-corrected chi connectivity index (χ3v) is 2.60.